The van der Waals surface area contributed by atoms with Crippen molar-refractivity contribution in [3.8, 4) is 0 Å². The zero-order chi connectivity index (χ0) is 10.1. The number of halogens is 1. The second-order valence-electron chi connectivity index (χ2n) is 3.02. The van der Waals surface area contributed by atoms with Crippen molar-refractivity contribution < 1.29 is 9.18 Å². The fourth-order valence-electron chi connectivity index (χ4n) is 1.40. The van der Waals surface area contributed by atoms with E-state index >= 15 is 0 Å². The second-order valence-corrected chi connectivity index (χ2v) is 3.02. The maximum Gasteiger partial charge on any atom is 0.179 e. The zero-order valence-electron chi connectivity index (χ0n) is 7.38. The summed E-state index contributed by atoms with van der Waals surface area (Å²) in [6, 6.07) is 4.59. The summed E-state index contributed by atoms with van der Waals surface area (Å²) in [6.45, 7) is -0.174. The van der Waals surface area contributed by atoms with E-state index < -0.39 is 5.82 Å². The minimum Gasteiger partial charge on any atom is -0.361 e. The van der Waals surface area contributed by atoms with E-state index in [1.807, 2.05) is 0 Å². The third-order valence-electron chi connectivity index (χ3n) is 2.13. The predicted octanol–water partition coefficient (Wildman–Crippen LogP) is 1.45. The maximum absolute atomic E-state index is 13.3. The molecule has 0 spiro atoms. The number of carbonyl (C=O) groups excluding carboxylic acids is 1. The molecule has 0 saturated heterocycles. The van der Waals surface area contributed by atoms with Gasteiger partial charge in [-0.3, -0.25) is 4.79 Å². The summed E-state index contributed by atoms with van der Waals surface area (Å²) in [5.41, 5.74) is 5.90. The third kappa shape index (κ3) is 1.29. The van der Waals surface area contributed by atoms with E-state index in [1.165, 1.54) is 12.1 Å². The van der Waals surface area contributed by atoms with Crippen LogP contribution in [0.15, 0.2) is 24.4 Å². The molecule has 0 fully saturated rings. The van der Waals surface area contributed by atoms with Crippen LogP contribution in [0.2, 0.25) is 0 Å². The molecule has 0 unspecified atom stereocenters. The van der Waals surface area contributed by atoms with Gasteiger partial charge in [0.15, 0.2) is 5.78 Å². The Morgan fingerprint density at radius 3 is 3.00 bits per heavy atom. The van der Waals surface area contributed by atoms with Crippen LogP contribution in [0.4, 0.5) is 4.39 Å². The molecular formula is C10H9FN2O. The van der Waals surface area contributed by atoms with Crippen molar-refractivity contribution in [2.45, 2.75) is 0 Å². The number of hydrogen-bond acceptors (Lipinski definition) is 2. The van der Waals surface area contributed by atoms with Crippen LogP contribution in [-0.4, -0.2) is 17.3 Å². The first-order valence-corrected chi connectivity index (χ1v) is 4.22. The van der Waals surface area contributed by atoms with Crippen molar-refractivity contribution in [1.82, 2.24) is 4.98 Å². The number of benzene rings is 1. The SMILES string of the molecule is NCC(=O)c1cc2cc[nH]c2cc1F. The average molecular weight is 192 g/mol. The average Bonchev–Trinajstić information content (AvgIpc) is 2.62. The first kappa shape index (κ1) is 8.90. The lowest BCUT2D eigenvalue weighted by Crippen LogP contribution is -2.14. The third-order valence-corrected chi connectivity index (χ3v) is 2.13. The van der Waals surface area contributed by atoms with Gasteiger partial charge >= 0.3 is 0 Å². The van der Waals surface area contributed by atoms with Crippen LogP contribution in [0, 0.1) is 5.82 Å². The van der Waals surface area contributed by atoms with E-state index in [9.17, 15) is 9.18 Å². The molecule has 1 heterocycles. The number of carbonyl (C=O) groups is 1. The van der Waals surface area contributed by atoms with Crippen molar-refractivity contribution in [2.24, 2.45) is 5.73 Å². The molecule has 3 nitrogen and oxygen atoms in total. The van der Waals surface area contributed by atoms with Gasteiger partial charge in [0, 0.05) is 17.1 Å². The Kier molecular flexibility index (Phi) is 2.05. The van der Waals surface area contributed by atoms with Crippen LogP contribution in [0.25, 0.3) is 10.9 Å². The van der Waals surface area contributed by atoms with E-state index in [0.29, 0.717) is 5.52 Å². The number of Topliss-reactive ketones (excluding diaryl/α,β-unsaturated/α-hetero) is 1. The number of aromatic amines is 1. The molecule has 0 aliphatic carbocycles. The van der Waals surface area contributed by atoms with Gasteiger partial charge in [-0.2, -0.15) is 0 Å². The van der Waals surface area contributed by atoms with Gasteiger partial charge in [-0.25, -0.2) is 4.39 Å². The van der Waals surface area contributed by atoms with Gasteiger partial charge in [-0.15, -0.1) is 0 Å². The number of rotatable bonds is 2. The second kappa shape index (κ2) is 3.23. The van der Waals surface area contributed by atoms with Gasteiger partial charge in [0.1, 0.15) is 5.82 Å². The number of hydrogen-bond donors (Lipinski definition) is 2. The van der Waals surface area contributed by atoms with Gasteiger partial charge in [0.2, 0.25) is 0 Å². The van der Waals surface area contributed by atoms with Crippen molar-refractivity contribution in [1.29, 1.82) is 0 Å². The molecule has 1 aromatic heterocycles. The minimum absolute atomic E-state index is 0.0552. The monoisotopic (exact) mass is 192 g/mol. The highest BCUT2D eigenvalue weighted by Gasteiger charge is 2.11. The summed E-state index contributed by atoms with van der Waals surface area (Å²) in [4.78, 5) is 14.1. The molecule has 0 aliphatic heterocycles. The van der Waals surface area contributed by atoms with E-state index in [1.54, 1.807) is 12.3 Å². The van der Waals surface area contributed by atoms with Crippen LogP contribution < -0.4 is 5.73 Å². The largest absolute Gasteiger partial charge is 0.361 e. The first-order chi connectivity index (χ1) is 6.72. The molecule has 0 bridgehead atoms. The summed E-state index contributed by atoms with van der Waals surface area (Å²) in [5, 5.41) is 0.809. The summed E-state index contributed by atoms with van der Waals surface area (Å²) in [6.07, 6.45) is 1.70. The van der Waals surface area contributed by atoms with Crippen LogP contribution >= 0.6 is 0 Å². The normalized spacial score (nSPS) is 10.7. The Balaban J connectivity index is 2.64. The quantitative estimate of drug-likeness (QED) is 0.707. The van der Waals surface area contributed by atoms with Crippen molar-refractivity contribution in [3.63, 3.8) is 0 Å². The smallest absolute Gasteiger partial charge is 0.179 e. The molecule has 72 valence electrons. The topological polar surface area (TPSA) is 58.9 Å². The summed E-state index contributed by atoms with van der Waals surface area (Å²) < 4.78 is 13.3. The summed E-state index contributed by atoms with van der Waals surface area (Å²) in [5.74, 6) is -0.916. The molecule has 0 atom stereocenters. The zero-order valence-corrected chi connectivity index (χ0v) is 7.38. The van der Waals surface area contributed by atoms with E-state index in [4.69, 9.17) is 5.73 Å². The van der Waals surface area contributed by atoms with Gasteiger partial charge in [0.05, 0.1) is 12.1 Å². The Hall–Kier alpha value is -1.68. The Labute approximate surface area is 79.7 Å². The highest BCUT2D eigenvalue weighted by atomic mass is 19.1. The van der Waals surface area contributed by atoms with Crippen LogP contribution in [0.1, 0.15) is 10.4 Å². The lowest BCUT2D eigenvalue weighted by Gasteiger charge is -2.00. The summed E-state index contributed by atoms with van der Waals surface area (Å²) in [7, 11) is 0. The molecule has 2 rings (SSSR count). The lowest BCUT2D eigenvalue weighted by molar-refractivity contribution is 0.0998. The molecule has 0 aliphatic rings. The Morgan fingerprint density at radius 2 is 2.29 bits per heavy atom. The Morgan fingerprint density at radius 1 is 1.50 bits per heavy atom. The molecule has 0 saturated carbocycles. The molecule has 0 radical (unpaired) electrons. The number of nitrogens with two attached hydrogens (primary N) is 1. The van der Waals surface area contributed by atoms with Crippen LogP contribution in [-0.2, 0) is 0 Å². The molecule has 1 aromatic carbocycles. The lowest BCUT2D eigenvalue weighted by atomic mass is 10.1. The van der Waals surface area contributed by atoms with Gasteiger partial charge in [-0.05, 0) is 18.2 Å². The van der Waals surface area contributed by atoms with Gasteiger partial charge in [-0.1, -0.05) is 0 Å². The number of ketones is 1. The molecule has 0 amide bonds. The molecule has 2 aromatic rings. The number of fused-ring (bicyclic) bond motifs is 1. The van der Waals surface area contributed by atoms with Crippen molar-refractivity contribution >= 4 is 16.7 Å². The fourth-order valence-corrected chi connectivity index (χ4v) is 1.40. The van der Waals surface area contributed by atoms with E-state index in [2.05, 4.69) is 4.98 Å². The molecule has 14 heavy (non-hydrogen) atoms. The van der Waals surface area contributed by atoms with Crippen LogP contribution in [0.3, 0.4) is 0 Å². The standard InChI is InChI=1S/C10H9FN2O/c11-8-4-9-6(1-2-13-9)3-7(8)10(14)5-12/h1-4,13H,5,12H2. The highest BCUT2D eigenvalue weighted by molar-refractivity contribution is 6.00. The minimum atomic E-state index is -0.532. The molecule has 4 heteroatoms. The number of aromatic nitrogens is 1. The van der Waals surface area contributed by atoms with E-state index in [0.717, 1.165) is 5.39 Å². The first-order valence-electron chi connectivity index (χ1n) is 4.22. The maximum atomic E-state index is 13.3. The summed E-state index contributed by atoms with van der Waals surface area (Å²) >= 11 is 0. The van der Waals surface area contributed by atoms with Crippen molar-refractivity contribution in [2.75, 3.05) is 6.54 Å². The fraction of sp³-hybridized carbons (Fsp3) is 0.100. The number of H-pyrrole nitrogens is 1. The molecule has 3 N–H and O–H groups in total. The Bertz CT molecular complexity index is 490. The van der Waals surface area contributed by atoms with Crippen LogP contribution in [0.5, 0.6) is 0 Å². The van der Waals surface area contributed by atoms with Gasteiger partial charge in [0.25, 0.3) is 0 Å². The van der Waals surface area contributed by atoms with E-state index in [-0.39, 0.29) is 17.9 Å². The van der Waals surface area contributed by atoms with Gasteiger partial charge < -0.3 is 10.7 Å². The molecular weight excluding hydrogens is 183 g/mol. The number of nitrogens with one attached hydrogen (secondary N) is 1. The predicted molar refractivity (Wildman–Crippen MR) is 51.6 cm³/mol. The highest BCUT2D eigenvalue weighted by Crippen LogP contribution is 2.18. The van der Waals surface area contributed by atoms with Crippen molar-refractivity contribution in [3.05, 3.63) is 35.8 Å².